The third kappa shape index (κ3) is 4.95. The predicted octanol–water partition coefficient (Wildman–Crippen LogP) is 3.76. The molecule has 1 aromatic heterocycles. The number of sulfonamides is 1. The van der Waals surface area contributed by atoms with E-state index in [1.807, 2.05) is 60.7 Å². The molecular formula is C22H24N4O3S2. The Kier molecular flexibility index (Phi) is 6.35. The molecule has 31 heavy (non-hydrogen) atoms. The van der Waals surface area contributed by atoms with Gasteiger partial charge < -0.3 is 5.32 Å². The van der Waals surface area contributed by atoms with Crippen molar-refractivity contribution in [2.24, 2.45) is 0 Å². The number of carbonyl (C=O) groups is 1. The minimum Gasteiger partial charge on any atom is -0.327 e. The van der Waals surface area contributed by atoms with Crippen molar-refractivity contribution in [2.75, 3.05) is 17.6 Å². The molecule has 0 aliphatic carbocycles. The standard InChI is InChI=1S/C22H24N4O3S2/c1-2-31(28,29)26-14-13-18-19(15-26)30-22(23-18)25-21(27)24-20(16-9-5-3-6-10-16)17-11-7-4-8-12-17/h3-12,20H,2,13-15H2,1H3,(H2,23,24,25,27). The van der Waals surface area contributed by atoms with Crippen molar-refractivity contribution in [3.8, 4) is 0 Å². The summed E-state index contributed by atoms with van der Waals surface area (Å²) in [5, 5.41) is 6.33. The second-order valence-electron chi connectivity index (χ2n) is 7.23. The molecule has 0 unspecified atom stereocenters. The van der Waals surface area contributed by atoms with E-state index >= 15 is 0 Å². The molecular weight excluding hydrogens is 432 g/mol. The molecule has 3 aromatic rings. The van der Waals surface area contributed by atoms with Crippen LogP contribution in [0.3, 0.4) is 0 Å². The van der Waals surface area contributed by atoms with E-state index in [0.29, 0.717) is 24.6 Å². The van der Waals surface area contributed by atoms with Crippen molar-refractivity contribution in [2.45, 2.75) is 25.9 Å². The van der Waals surface area contributed by atoms with Gasteiger partial charge in [-0.25, -0.2) is 18.2 Å². The average molecular weight is 457 g/mol. The highest BCUT2D eigenvalue weighted by molar-refractivity contribution is 7.89. The smallest absolute Gasteiger partial charge is 0.321 e. The SMILES string of the molecule is CCS(=O)(=O)N1CCc2nc(NC(=O)NC(c3ccccc3)c3ccccc3)sc2C1. The lowest BCUT2D eigenvalue weighted by atomic mass is 9.99. The zero-order valence-corrected chi connectivity index (χ0v) is 18.7. The number of urea groups is 1. The van der Waals surface area contributed by atoms with Crippen molar-refractivity contribution >= 4 is 32.5 Å². The zero-order chi connectivity index (χ0) is 21.8. The maximum absolute atomic E-state index is 12.8. The normalized spacial score (nSPS) is 14.3. The molecule has 2 heterocycles. The molecule has 2 N–H and O–H groups in total. The van der Waals surface area contributed by atoms with Crippen LogP contribution < -0.4 is 10.6 Å². The van der Waals surface area contributed by atoms with Crippen LogP contribution in [0.5, 0.6) is 0 Å². The summed E-state index contributed by atoms with van der Waals surface area (Å²) in [5.74, 6) is 0.0784. The molecule has 7 nitrogen and oxygen atoms in total. The number of hydrogen-bond donors (Lipinski definition) is 2. The highest BCUT2D eigenvalue weighted by Crippen LogP contribution is 2.30. The maximum atomic E-state index is 12.8. The van der Waals surface area contributed by atoms with Gasteiger partial charge in [0.1, 0.15) is 0 Å². The third-order valence-electron chi connectivity index (χ3n) is 5.22. The first-order valence-electron chi connectivity index (χ1n) is 10.1. The van der Waals surface area contributed by atoms with Gasteiger partial charge in [0, 0.05) is 24.4 Å². The Hall–Kier alpha value is -2.75. The fourth-order valence-corrected chi connectivity index (χ4v) is 5.72. The van der Waals surface area contributed by atoms with Crippen LogP contribution in [-0.4, -0.2) is 36.0 Å². The van der Waals surface area contributed by atoms with Gasteiger partial charge in [0.25, 0.3) is 0 Å². The molecule has 0 fully saturated rings. The van der Waals surface area contributed by atoms with Gasteiger partial charge >= 0.3 is 6.03 Å². The number of carbonyl (C=O) groups excluding carboxylic acids is 1. The summed E-state index contributed by atoms with van der Waals surface area (Å²) in [7, 11) is -3.24. The molecule has 1 aliphatic rings. The van der Waals surface area contributed by atoms with E-state index in [4.69, 9.17) is 0 Å². The first-order chi connectivity index (χ1) is 15.0. The number of aromatic nitrogens is 1. The molecule has 0 atom stereocenters. The average Bonchev–Trinajstić information content (AvgIpc) is 3.20. The zero-order valence-electron chi connectivity index (χ0n) is 17.1. The second kappa shape index (κ2) is 9.17. The van der Waals surface area contributed by atoms with Crippen LogP contribution in [0.25, 0.3) is 0 Å². The Morgan fingerprint density at radius 2 is 1.71 bits per heavy atom. The van der Waals surface area contributed by atoms with Gasteiger partial charge in [0.15, 0.2) is 5.13 Å². The quantitative estimate of drug-likeness (QED) is 0.591. The number of nitrogens with zero attached hydrogens (tertiary/aromatic N) is 2. The molecule has 0 saturated carbocycles. The number of hydrogen-bond acceptors (Lipinski definition) is 5. The summed E-state index contributed by atoms with van der Waals surface area (Å²) in [4.78, 5) is 18.2. The summed E-state index contributed by atoms with van der Waals surface area (Å²) >= 11 is 1.32. The second-order valence-corrected chi connectivity index (χ2v) is 10.6. The third-order valence-corrected chi connectivity index (χ3v) is 8.04. The highest BCUT2D eigenvalue weighted by atomic mass is 32.2. The van der Waals surface area contributed by atoms with Crippen molar-refractivity contribution in [3.05, 3.63) is 82.4 Å². The van der Waals surface area contributed by atoms with Crippen LogP contribution in [0.15, 0.2) is 60.7 Å². The lowest BCUT2D eigenvalue weighted by molar-refractivity contribution is 0.250. The van der Waals surface area contributed by atoms with E-state index in [9.17, 15) is 13.2 Å². The van der Waals surface area contributed by atoms with Crippen LogP contribution in [0.4, 0.5) is 9.93 Å². The van der Waals surface area contributed by atoms with Crippen molar-refractivity contribution in [1.82, 2.24) is 14.6 Å². The minimum absolute atomic E-state index is 0.0784. The molecule has 0 radical (unpaired) electrons. The monoisotopic (exact) mass is 456 g/mol. The van der Waals surface area contributed by atoms with E-state index in [1.54, 1.807) is 6.92 Å². The van der Waals surface area contributed by atoms with Gasteiger partial charge in [0.2, 0.25) is 10.0 Å². The lowest BCUT2D eigenvalue weighted by Gasteiger charge is -2.24. The van der Waals surface area contributed by atoms with Crippen molar-refractivity contribution < 1.29 is 13.2 Å². The molecule has 2 amide bonds. The molecule has 1 aliphatic heterocycles. The number of anilines is 1. The number of amides is 2. The summed E-state index contributed by atoms with van der Waals surface area (Å²) in [6, 6.07) is 18.9. The molecule has 2 aromatic carbocycles. The van der Waals surface area contributed by atoms with Crippen LogP contribution in [0.1, 0.15) is 34.7 Å². The van der Waals surface area contributed by atoms with Crippen LogP contribution in [0.2, 0.25) is 0 Å². The largest absolute Gasteiger partial charge is 0.327 e. The van der Waals surface area contributed by atoms with Crippen LogP contribution in [-0.2, 0) is 23.0 Å². The van der Waals surface area contributed by atoms with Gasteiger partial charge in [-0.05, 0) is 18.1 Å². The predicted molar refractivity (Wildman–Crippen MR) is 123 cm³/mol. The molecule has 0 spiro atoms. The summed E-state index contributed by atoms with van der Waals surface area (Å²) < 4.78 is 25.8. The fourth-order valence-electron chi connectivity index (χ4n) is 3.56. The number of rotatable bonds is 6. The minimum atomic E-state index is -3.24. The molecule has 0 bridgehead atoms. The summed E-state index contributed by atoms with van der Waals surface area (Å²) in [5.41, 5.74) is 2.80. The van der Waals surface area contributed by atoms with Crippen molar-refractivity contribution in [3.63, 3.8) is 0 Å². The van der Waals surface area contributed by atoms with Gasteiger partial charge in [0.05, 0.1) is 17.5 Å². The summed E-state index contributed by atoms with van der Waals surface area (Å²) in [6.07, 6.45) is 0.547. The molecule has 4 rings (SSSR count). The first kappa shape index (κ1) is 21.5. The highest BCUT2D eigenvalue weighted by Gasteiger charge is 2.28. The van der Waals surface area contributed by atoms with Gasteiger partial charge in [-0.2, -0.15) is 4.31 Å². The molecule has 0 saturated heterocycles. The van der Waals surface area contributed by atoms with E-state index in [2.05, 4.69) is 15.6 Å². The topological polar surface area (TPSA) is 91.4 Å². The first-order valence-corrected chi connectivity index (χ1v) is 12.5. The van der Waals surface area contributed by atoms with Crippen molar-refractivity contribution in [1.29, 1.82) is 0 Å². The number of nitrogens with one attached hydrogen (secondary N) is 2. The number of thiazole rings is 1. The Labute approximate surface area is 186 Å². The maximum Gasteiger partial charge on any atom is 0.321 e. The number of fused-ring (bicyclic) bond motifs is 1. The lowest BCUT2D eigenvalue weighted by Crippen LogP contribution is -2.36. The fraction of sp³-hybridized carbons (Fsp3) is 0.273. The Morgan fingerprint density at radius 3 is 2.29 bits per heavy atom. The van der Waals surface area contributed by atoms with E-state index in [-0.39, 0.29) is 17.8 Å². The molecule has 162 valence electrons. The Morgan fingerprint density at radius 1 is 1.10 bits per heavy atom. The van der Waals surface area contributed by atoms with Gasteiger partial charge in [-0.3, -0.25) is 5.32 Å². The number of benzene rings is 2. The summed E-state index contributed by atoms with van der Waals surface area (Å²) in [6.45, 7) is 2.37. The van der Waals surface area contributed by atoms with E-state index in [1.165, 1.54) is 15.6 Å². The van der Waals surface area contributed by atoms with Crippen LogP contribution in [0, 0.1) is 0 Å². The van der Waals surface area contributed by atoms with Gasteiger partial charge in [-0.1, -0.05) is 72.0 Å². The van der Waals surface area contributed by atoms with E-state index < -0.39 is 10.0 Å². The Bertz CT molecular complexity index is 1110. The van der Waals surface area contributed by atoms with Gasteiger partial charge in [-0.15, -0.1) is 0 Å². The van der Waals surface area contributed by atoms with Crippen LogP contribution >= 0.6 is 11.3 Å². The Balaban J connectivity index is 1.48. The molecule has 9 heteroatoms. The van der Waals surface area contributed by atoms with E-state index in [0.717, 1.165) is 21.7 Å².